The molecule has 160 valence electrons. The van der Waals surface area contributed by atoms with Gasteiger partial charge in [-0.1, -0.05) is 13.3 Å². The summed E-state index contributed by atoms with van der Waals surface area (Å²) in [5.41, 5.74) is 0.480. The molecule has 2 saturated heterocycles. The summed E-state index contributed by atoms with van der Waals surface area (Å²) in [5, 5.41) is 7.49. The summed E-state index contributed by atoms with van der Waals surface area (Å²) in [6, 6.07) is 0. The van der Waals surface area contributed by atoms with Crippen LogP contribution in [0, 0.1) is 0 Å². The summed E-state index contributed by atoms with van der Waals surface area (Å²) < 4.78 is 13.1. The third-order valence-corrected chi connectivity index (χ3v) is 5.82. The Hall–Kier alpha value is -0.160. The Balaban J connectivity index is 1.93. The fourth-order valence-corrected chi connectivity index (χ4v) is 5.70. The fraction of sp³-hybridized carbons (Fsp3) is 1.00. The number of nitrogens with one attached hydrogen (secondary N) is 2. The molecule has 2 heterocycles. The molecule has 0 amide bonds. The first-order chi connectivity index (χ1) is 12.2. The number of rotatable bonds is 7. The number of hydrogen-bond donors (Lipinski definition) is 2. The standard InChI is InChI=1S/C23H46N2O2/c1-10-11-17(27-19-14-22(6,7)25-23(8,9)15-19)16-26-18-12-20(2,3)24-21(4,5)13-18/h17-19,24-25H,10-16H2,1-9H3. The van der Waals surface area contributed by atoms with Gasteiger partial charge in [0.2, 0.25) is 0 Å². The van der Waals surface area contributed by atoms with Gasteiger partial charge in [0.1, 0.15) is 0 Å². The second kappa shape index (κ2) is 8.30. The lowest BCUT2D eigenvalue weighted by Gasteiger charge is -2.47. The molecule has 0 aromatic heterocycles. The maximum Gasteiger partial charge on any atom is 0.0812 e. The van der Waals surface area contributed by atoms with E-state index < -0.39 is 0 Å². The molecule has 4 nitrogen and oxygen atoms in total. The van der Waals surface area contributed by atoms with E-state index in [1.54, 1.807) is 0 Å². The van der Waals surface area contributed by atoms with Gasteiger partial charge in [-0.2, -0.15) is 0 Å². The molecule has 0 saturated carbocycles. The first-order valence-corrected chi connectivity index (χ1v) is 11.1. The Morgan fingerprint density at radius 1 is 0.741 bits per heavy atom. The molecule has 0 aromatic rings. The molecular formula is C23H46N2O2. The normalized spacial score (nSPS) is 28.8. The summed E-state index contributed by atoms with van der Waals surface area (Å²) in [4.78, 5) is 0. The van der Waals surface area contributed by atoms with Gasteiger partial charge in [-0.25, -0.2) is 0 Å². The summed E-state index contributed by atoms with van der Waals surface area (Å²) >= 11 is 0. The molecule has 1 atom stereocenters. The quantitative estimate of drug-likeness (QED) is 0.663. The Kier molecular flexibility index (Phi) is 7.10. The van der Waals surface area contributed by atoms with Gasteiger partial charge in [0.15, 0.2) is 0 Å². The largest absolute Gasteiger partial charge is 0.375 e. The van der Waals surface area contributed by atoms with Gasteiger partial charge in [-0.15, -0.1) is 0 Å². The van der Waals surface area contributed by atoms with Crippen molar-refractivity contribution in [1.29, 1.82) is 0 Å². The second-order valence-corrected chi connectivity index (χ2v) is 11.7. The maximum absolute atomic E-state index is 6.62. The highest BCUT2D eigenvalue weighted by molar-refractivity contribution is 4.99. The molecule has 0 spiro atoms. The summed E-state index contributed by atoms with van der Waals surface area (Å²) in [7, 11) is 0. The van der Waals surface area contributed by atoms with Crippen molar-refractivity contribution in [3.05, 3.63) is 0 Å². The third kappa shape index (κ3) is 7.64. The molecule has 2 rings (SSSR count). The minimum Gasteiger partial charge on any atom is -0.375 e. The molecule has 2 N–H and O–H groups in total. The van der Waals surface area contributed by atoms with E-state index in [0.717, 1.165) is 45.1 Å². The zero-order valence-corrected chi connectivity index (χ0v) is 19.5. The van der Waals surface area contributed by atoms with Crippen molar-refractivity contribution in [3.8, 4) is 0 Å². The second-order valence-electron chi connectivity index (χ2n) is 11.7. The van der Waals surface area contributed by atoms with E-state index in [1.165, 1.54) is 0 Å². The smallest absolute Gasteiger partial charge is 0.0812 e. The minimum absolute atomic E-state index is 0.118. The van der Waals surface area contributed by atoms with E-state index in [1.807, 2.05) is 0 Å². The van der Waals surface area contributed by atoms with Crippen LogP contribution in [-0.4, -0.2) is 47.1 Å². The van der Waals surface area contributed by atoms with Crippen molar-refractivity contribution in [1.82, 2.24) is 10.6 Å². The average Bonchev–Trinajstić information content (AvgIpc) is 2.38. The highest BCUT2D eigenvalue weighted by Gasteiger charge is 2.40. The van der Waals surface area contributed by atoms with E-state index in [9.17, 15) is 0 Å². The van der Waals surface area contributed by atoms with Crippen molar-refractivity contribution in [2.24, 2.45) is 0 Å². The lowest BCUT2D eigenvalue weighted by molar-refractivity contribution is -0.116. The maximum atomic E-state index is 6.62. The molecule has 0 aromatic carbocycles. The lowest BCUT2D eigenvalue weighted by Crippen LogP contribution is -2.60. The van der Waals surface area contributed by atoms with E-state index in [4.69, 9.17) is 9.47 Å². The molecule has 2 aliphatic heterocycles. The van der Waals surface area contributed by atoms with Crippen molar-refractivity contribution >= 4 is 0 Å². The van der Waals surface area contributed by atoms with Crippen LogP contribution in [0.2, 0.25) is 0 Å². The highest BCUT2D eigenvalue weighted by atomic mass is 16.5. The van der Waals surface area contributed by atoms with Gasteiger partial charge in [0.25, 0.3) is 0 Å². The van der Waals surface area contributed by atoms with Crippen LogP contribution in [-0.2, 0) is 9.47 Å². The van der Waals surface area contributed by atoms with Crippen LogP contribution >= 0.6 is 0 Å². The van der Waals surface area contributed by atoms with Crippen molar-refractivity contribution in [3.63, 3.8) is 0 Å². The first kappa shape index (κ1) is 23.1. The van der Waals surface area contributed by atoms with E-state index >= 15 is 0 Å². The van der Waals surface area contributed by atoms with Crippen LogP contribution in [0.3, 0.4) is 0 Å². The molecule has 2 fully saturated rings. The minimum atomic E-state index is 0.118. The zero-order chi connectivity index (χ0) is 20.5. The number of piperidine rings is 2. The van der Waals surface area contributed by atoms with Crippen molar-refractivity contribution < 1.29 is 9.47 Å². The van der Waals surface area contributed by atoms with Crippen molar-refractivity contribution in [2.45, 2.75) is 141 Å². The Morgan fingerprint density at radius 2 is 1.15 bits per heavy atom. The third-order valence-electron chi connectivity index (χ3n) is 5.82. The molecular weight excluding hydrogens is 336 g/mol. The molecule has 4 heteroatoms. The van der Waals surface area contributed by atoms with E-state index in [-0.39, 0.29) is 28.3 Å². The number of ether oxygens (including phenoxy) is 2. The van der Waals surface area contributed by atoms with E-state index in [2.05, 4.69) is 72.9 Å². The van der Waals surface area contributed by atoms with Gasteiger partial charge in [-0.3, -0.25) is 0 Å². The van der Waals surface area contributed by atoms with Crippen LogP contribution < -0.4 is 10.6 Å². The molecule has 2 aliphatic rings. The highest BCUT2D eigenvalue weighted by Crippen LogP contribution is 2.33. The van der Waals surface area contributed by atoms with Gasteiger partial charge < -0.3 is 20.1 Å². The fourth-order valence-electron chi connectivity index (χ4n) is 5.70. The molecule has 1 unspecified atom stereocenters. The topological polar surface area (TPSA) is 42.5 Å². The monoisotopic (exact) mass is 382 g/mol. The van der Waals surface area contributed by atoms with Gasteiger partial charge >= 0.3 is 0 Å². The lowest BCUT2D eigenvalue weighted by atomic mass is 9.81. The number of hydrogen-bond acceptors (Lipinski definition) is 4. The Labute approximate surface area is 168 Å². The van der Waals surface area contributed by atoms with Crippen LogP contribution in [0.25, 0.3) is 0 Å². The van der Waals surface area contributed by atoms with Crippen LogP contribution in [0.1, 0.15) is 101 Å². The summed E-state index contributed by atoms with van der Waals surface area (Å²) in [6.45, 7) is 21.2. The molecule has 0 radical (unpaired) electrons. The predicted octanol–water partition coefficient (Wildman–Crippen LogP) is 4.81. The SMILES string of the molecule is CCCC(COC1CC(C)(C)NC(C)(C)C1)OC1CC(C)(C)NC(C)(C)C1. The molecule has 27 heavy (non-hydrogen) atoms. The Morgan fingerprint density at radius 3 is 1.56 bits per heavy atom. The first-order valence-electron chi connectivity index (χ1n) is 11.1. The van der Waals surface area contributed by atoms with Crippen LogP contribution in [0.15, 0.2) is 0 Å². The van der Waals surface area contributed by atoms with E-state index in [0.29, 0.717) is 12.2 Å². The average molecular weight is 383 g/mol. The van der Waals surface area contributed by atoms with Gasteiger partial charge in [-0.05, 0) is 87.5 Å². The summed E-state index contributed by atoms with van der Waals surface area (Å²) in [6.07, 6.45) is 7.25. The van der Waals surface area contributed by atoms with Crippen LogP contribution in [0.4, 0.5) is 0 Å². The predicted molar refractivity (Wildman–Crippen MR) is 114 cm³/mol. The van der Waals surface area contributed by atoms with Crippen LogP contribution in [0.5, 0.6) is 0 Å². The van der Waals surface area contributed by atoms with Gasteiger partial charge in [0.05, 0.1) is 24.9 Å². The molecule has 0 aliphatic carbocycles. The zero-order valence-electron chi connectivity index (χ0n) is 19.5. The molecule has 0 bridgehead atoms. The summed E-state index contributed by atoms with van der Waals surface area (Å²) in [5.74, 6) is 0. The van der Waals surface area contributed by atoms with Crippen molar-refractivity contribution in [2.75, 3.05) is 6.61 Å². The van der Waals surface area contributed by atoms with Gasteiger partial charge in [0, 0.05) is 22.2 Å². The Bertz CT molecular complexity index is 453.